The molecule has 8 nitrogen and oxygen atoms in total. The molecule has 1 aliphatic rings. The SMILES string of the molecule is Cc1c(Cl)cccc1NC(=O)[C@H]1OC1C(=O)N(Cc1ccc(F)cc1)c1ccc(C(=O)Nc2nc3ccccc3s2)cc1. The molecule has 0 aliphatic carbocycles. The molecule has 11 heteroatoms. The number of fused-ring (bicyclic) bond motifs is 1. The van der Waals surface area contributed by atoms with Gasteiger partial charge in [0.05, 0.1) is 16.8 Å². The van der Waals surface area contributed by atoms with Gasteiger partial charge in [-0.15, -0.1) is 0 Å². The lowest BCUT2D eigenvalue weighted by Gasteiger charge is -2.23. The second-order valence-corrected chi connectivity index (χ2v) is 11.4. The Morgan fingerprint density at radius 1 is 0.930 bits per heavy atom. The Labute approximate surface area is 255 Å². The van der Waals surface area contributed by atoms with E-state index in [1.807, 2.05) is 24.3 Å². The molecular formula is C32H24ClFN4O4S. The van der Waals surface area contributed by atoms with Gasteiger partial charge in [0.15, 0.2) is 17.3 Å². The predicted octanol–water partition coefficient (Wildman–Crippen LogP) is 6.59. The molecule has 2 atom stereocenters. The molecule has 43 heavy (non-hydrogen) atoms. The molecule has 1 aromatic heterocycles. The minimum absolute atomic E-state index is 0.0952. The highest BCUT2D eigenvalue weighted by Gasteiger charge is 2.52. The zero-order valence-electron chi connectivity index (χ0n) is 22.7. The number of halogens is 2. The number of para-hydroxylation sites is 1. The summed E-state index contributed by atoms with van der Waals surface area (Å²) in [7, 11) is 0. The highest BCUT2D eigenvalue weighted by atomic mass is 35.5. The third-order valence-corrected chi connectivity index (χ3v) is 8.36. The van der Waals surface area contributed by atoms with Gasteiger partial charge in [-0.25, -0.2) is 9.37 Å². The summed E-state index contributed by atoms with van der Waals surface area (Å²) in [4.78, 5) is 45.4. The van der Waals surface area contributed by atoms with Gasteiger partial charge in [0, 0.05) is 22.0 Å². The molecule has 1 aliphatic heterocycles. The number of thiazole rings is 1. The maximum absolute atomic E-state index is 13.7. The third kappa shape index (κ3) is 6.26. The summed E-state index contributed by atoms with van der Waals surface area (Å²) in [5, 5.41) is 6.57. The van der Waals surface area contributed by atoms with Crippen LogP contribution in [0.15, 0.2) is 91.0 Å². The van der Waals surface area contributed by atoms with Crippen molar-refractivity contribution in [2.75, 3.05) is 15.5 Å². The van der Waals surface area contributed by atoms with Crippen LogP contribution in [0.25, 0.3) is 10.2 Å². The summed E-state index contributed by atoms with van der Waals surface area (Å²) in [6.45, 7) is 1.87. The van der Waals surface area contributed by atoms with E-state index in [2.05, 4.69) is 15.6 Å². The maximum atomic E-state index is 13.7. The first-order valence-corrected chi connectivity index (χ1v) is 14.5. The molecule has 0 radical (unpaired) electrons. The van der Waals surface area contributed by atoms with Crippen molar-refractivity contribution in [3.63, 3.8) is 0 Å². The standard InChI is InChI=1S/C32H24ClFN4O4S/c1-18-23(33)5-4-7-24(18)35-30(40)27-28(42-27)31(41)38(17-19-9-13-21(34)14-10-19)22-15-11-20(12-16-22)29(39)37-32-36-25-6-2-3-8-26(25)43-32/h2-16,27-28H,17H2,1H3,(H,35,40)(H,36,37,39)/t27-,28?/m0/s1. The number of carbonyl (C=O) groups excluding carboxylic acids is 3. The van der Waals surface area contributed by atoms with Crippen LogP contribution in [0.5, 0.6) is 0 Å². The molecule has 1 fully saturated rings. The van der Waals surface area contributed by atoms with Crippen molar-refractivity contribution in [1.29, 1.82) is 0 Å². The number of aromatic nitrogens is 1. The van der Waals surface area contributed by atoms with E-state index in [4.69, 9.17) is 16.3 Å². The molecule has 0 spiro atoms. The first kappa shape index (κ1) is 28.5. The van der Waals surface area contributed by atoms with E-state index in [0.717, 1.165) is 10.2 Å². The van der Waals surface area contributed by atoms with Crippen molar-refractivity contribution in [3.05, 3.63) is 119 Å². The number of hydrogen-bond donors (Lipinski definition) is 2. The number of hydrogen-bond acceptors (Lipinski definition) is 6. The molecule has 2 heterocycles. The van der Waals surface area contributed by atoms with Gasteiger partial charge in [0.2, 0.25) is 0 Å². The van der Waals surface area contributed by atoms with E-state index in [1.165, 1.54) is 28.4 Å². The largest absolute Gasteiger partial charge is 0.349 e. The topological polar surface area (TPSA) is 104 Å². The molecule has 0 saturated carbocycles. The molecule has 1 saturated heterocycles. The first-order valence-electron chi connectivity index (χ1n) is 13.3. The Morgan fingerprint density at radius 2 is 1.67 bits per heavy atom. The zero-order valence-corrected chi connectivity index (χ0v) is 24.3. The van der Waals surface area contributed by atoms with E-state index in [-0.39, 0.29) is 12.5 Å². The van der Waals surface area contributed by atoms with Gasteiger partial charge < -0.3 is 15.0 Å². The van der Waals surface area contributed by atoms with Crippen molar-refractivity contribution in [2.24, 2.45) is 0 Å². The van der Waals surface area contributed by atoms with Gasteiger partial charge in [0.1, 0.15) is 5.82 Å². The molecule has 3 amide bonds. The fourth-order valence-electron chi connectivity index (χ4n) is 4.56. The van der Waals surface area contributed by atoms with Crippen LogP contribution in [0.3, 0.4) is 0 Å². The van der Waals surface area contributed by atoms with Crippen LogP contribution in [-0.2, 0) is 20.9 Å². The number of nitrogens with one attached hydrogen (secondary N) is 2. The maximum Gasteiger partial charge on any atom is 0.259 e. The average molecular weight is 615 g/mol. The number of amides is 3. The normalized spacial score (nSPS) is 15.6. The van der Waals surface area contributed by atoms with E-state index < -0.39 is 29.8 Å². The van der Waals surface area contributed by atoms with E-state index in [9.17, 15) is 18.8 Å². The molecule has 5 aromatic rings. The summed E-state index contributed by atoms with van der Waals surface area (Å²) in [5.41, 5.74) is 3.54. The molecular weight excluding hydrogens is 591 g/mol. The lowest BCUT2D eigenvalue weighted by atomic mass is 10.1. The van der Waals surface area contributed by atoms with Crippen molar-refractivity contribution < 1.29 is 23.5 Å². The summed E-state index contributed by atoms with van der Waals surface area (Å²) in [5.74, 6) is -1.66. The Morgan fingerprint density at radius 3 is 2.42 bits per heavy atom. The highest BCUT2D eigenvalue weighted by molar-refractivity contribution is 7.22. The Bertz CT molecular complexity index is 1810. The summed E-state index contributed by atoms with van der Waals surface area (Å²) in [6, 6.07) is 25.0. The number of anilines is 3. The van der Waals surface area contributed by atoms with Crippen molar-refractivity contribution in [2.45, 2.75) is 25.7 Å². The third-order valence-electron chi connectivity index (χ3n) is 6.99. The molecule has 6 rings (SSSR count). The van der Waals surface area contributed by atoms with Crippen LogP contribution in [0.4, 0.5) is 20.9 Å². The van der Waals surface area contributed by atoms with Gasteiger partial charge in [-0.1, -0.05) is 53.3 Å². The Kier molecular flexibility index (Phi) is 7.90. The summed E-state index contributed by atoms with van der Waals surface area (Å²) in [6.07, 6.45) is -2.00. The molecule has 4 aromatic carbocycles. The Balaban J connectivity index is 1.19. The van der Waals surface area contributed by atoms with Crippen LogP contribution < -0.4 is 15.5 Å². The lowest BCUT2D eigenvalue weighted by molar-refractivity contribution is -0.120. The highest BCUT2D eigenvalue weighted by Crippen LogP contribution is 2.31. The average Bonchev–Trinajstić information content (AvgIpc) is 3.71. The fourth-order valence-corrected chi connectivity index (χ4v) is 5.59. The van der Waals surface area contributed by atoms with Crippen LogP contribution in [0.2, 0.25) is 5.02 Å². The number of benzene rings is 4. The minimum atomic E-state index is -1.01. The lowest BCUT2D eigenvalue weighted by Crippen LogP contribution is -2.36. The van der Waals surface area contributed by atoms with Crippen molar-refractivity contribution >= 4 is 67.4 Å². The first-order chi connectivity index (χ1) is 20.8. The smallest absolute Gasteiger partial charge is 0.259 e. The quantitative estimate of drug-likeness (QED) is 0.192. The predicted molar refractivity (Wildman–Crippen MR) is 165 cm³/mol. The second-order valence-electron chi connectivity index (χ2n) is 9.92. The van der Waals surface area contributed by atoms with Crippen LogP contribution in [-0.4, -0.2) is 34.9 Å². The molecule has 216 valence electrons. The molecule has 1 unspecified atom stereocenters. The number of nitrogens with zero attached hydrogens (tertiary/aromatic N) is 2. The van der Waals surface area contributed by atoms with Gasteiger partial charge in [-0.2, -0.15) is 0 Å². The molecule has 0 bridgehead atoms. The van der Waals surface area contributed by atoms with E-state index in [0.29, 0.717) is 38.2 Å². The van der Waals surface area contributed by atoms with Gasteiger partial charge >= 0.3 is 0 Å². The number of ether oxygens (including phenoxy) is 1. The zero-order chi connectivity index (χ0) is 30.1. The molecule has 2 N–H and O–H groups in total. The second kappa shape index (κ2) is 11.9. The van der Waals surface area contributed by atoms with Crippen LogP contribution >= 0.6 is 22.9 Å². The monoisotopic (exact) mass is 614 g/mol. The summed E-state index contributed by atoms with van der Waals surface area (Å²) < 4.78 is 20.0. The van der Waals surface area contributed by atoms with Crippen molar-refractivity contribution in [1.82, 2.24) is 4.98 Å². The van der Waals surface area contributed by atoms with Crippen LogP contribution in [0.1, 0.15) is 21.5 Å². The van der Waals surface area contributed by atoms with Gasteiger partial charge in [0.25, 0.3) is 17.7 Å². The van der Waals surface area contributed by atoms with E-state index in [1.54, 1.807) is 61.5 Å². The Hall–Kier alpha value is -4.64. The fraction of sp³-hybridized carbons (Fsp3) is 0.125. The number of rotatable bonds is 8. The summed E-state index contributed by atoms with van der Waals surface area (Å²) >= 11 is 7.53. The number of epoxide rings is 1. The van der Waals surface area contributed by atoms with Gasteiger partial charge in [-0.05, 0) is 78.7 Å². The van der Waals surface area contributed by atoms with E-state index >= 15 is 0 Å². The number of carbonyl (C=O) groups is 3. The van der Waals surface area contributed by atoms with Crippen molar-refractivity contribution in [3.8, 4) is 0 Å². The minimum Gasteiger partial charge on any atom is -0.349 e. The van der Waals surface area contributed by atoms with Gasteiger partial charge in [-0.3, -0.25) is 19.7 Å². The van der Waals surface area contributed by atoms with Crippen LogP contribution in [0, 0.1) is 12.7 Å².